The Kier molecular flexibility index (Phi) is 4.70. The molecule has 0 saturated carbocycles. The Bertz CT molecular complexity index is 870. The number of rotatable bonds is 5. The molecular formula is C19H19N5O2. The first-order valence-corrected chi connectivity index (χ1v) is 8.59. The van der Waals surface area contributed by atoms with E-state index < -0.39 is 0 Å². The Balaban J connectivity index is 1.45. The molecule has 1 saturated heterocycles. The highest BCUT2D eigenvalue weighted by Crippen LogP contribution is 2.21. The summed E-state index contributed by atoms with van der Waals surface area (Å²) in [6.45, 7) is 3.38. The molecule has 1 aliphatic heterocycles. The van der Waals surface area contributed by atoms with E-state index in [4.69, 9.17) is 4.74 Å². The van der Waals surface area contributed by atoms with E-state index >= 15 is 0 Å². The molecule has 26 heavy (non-hydrogen) atoms. The third-order valence-corrected chi connectivity index (χ3v) is 4.34. The van der Waals surface area contributed by atoms with Gasteiger partial charge in [0.25, 0.3) is 0 Å². The highest BCUT2D eigenvalue weighted by Gasteiger charge is 2.13. The van der Waals surface area contributed by atoms with Crippen LogP contribution >= 0.6 is 0 Å². The van der Waals surface area contributed by atoms with Gasteiger partial charge >= 0.3 is 0 Å². The van der Waals surface area contributed by atoms with Crippen LogP contribution in [0.1, 0.15) is 10.4 Å². The summed E-state index contributed by atoms with van der Waals surface area (Å²) in [5.74, 6) is 0.469. The Morgan fingerprint density at radius 1 is 1.00 bits per heavy atom. The van der Waals surface area contributed by atoms with Gasteiger partial charge in [0, 0.05) is 29.9 Å². The predicted octanol–water partition coefficient (Wildman–Crippen LogP) is 2.06. The summed E-state index contributed by atoms with van der Waals surface area (Å²) in [7, 11) is 0. The van der Waals surface area contributed by atoms with Crippen molar-refractivity contribution in [3.05, 3.63) is 60.2 Å². The first-order chi connectivity index (χ1) is 12.8. The van der Waals surface area contributed by atoms with E-state index in [1.54, 1.807) is 12.1 Å². The highest BCUT2D eigenvalue weighted by atomic mass is 16.5. The van der Waals surface area contributed by atoms with Crippen molar-refractivity contribution in [3.8, 4) is 11.4 Å². The van der Waals surface area contributed by atoms with E-state index in [9.17, 15) is 4.79 Å². The number of tetrazole rings is 1. The smallest absolute Gasteiger partial charge is 0.204 e. The number of carbonyl (C=O) groups excluding carboxylic acids is 1. The maximum absolute atomic E-state index is 12.2. The fourth-order valence-electron chi connectivity index (χ4n) is 2.91. The van der Waals surface area contributed by atoms with Gasteiger partial charge in [-0.3, -0.25) is 4.79 Å². The number of hydrogen-bond acceptors (Lipinski definition) is 6. The van der Waals surface area contributed by atoms with E-state index in [1.807, 2.05) is 30.3 Å². The Hall–Kier alpha value is -3.06. The second-order valence-electron chi connectivity index (χ2n) is 6.08. The first kappa shape index (κ1) is 16.4. The number of aromatic nitrogens is 4. The molecule has 0 N–H and O–H groups in total. The highest BCUT2D eigenvalue weighted by molar-refractivity contribution is 5.95. The van der Waals surface area contributed by atoms with Crippen molar-refractivity contribution in [1.82, 2.24) is 20.2 Å². The summed E-state index contributed by atoms with van der Waals surface area (Å²) in [4.78, 5) is 15.9. The van der Waals surface area contributed by atoms with E-state index in [0.717, 1.165) is 37.6 Å². The molecule has 4 rings (SSSR count). The van der Waals surface area contributed by atoms with Gasteiger partial charge in [0.1, 0.15) is 6.54 Å². The van der Waals surface area contributed by atoms with E-state index in [2.05, 4.69) is 32.4 Å². The van der Waals surface area contributed by atoms with Crippen molar-refractivity contribution >= 4 is 11.5 Å². The number of carbonyl (C=O) groups is 1. The summed E-state index contributed by atoms with van der Waals surface area (Å²) in [5.41, 5.74) is 2.67. The second-order valence-corrected chi connectivity index (χ2v) is 6.08. The Morgan fingerprint density at radius 3 is 2.46 bits per heavy atom. The van der Waals surface area contributed by atoms with Crippen LogP contribution in [0.2, 0.25) is 0 Å². The minimum Gasteiger partial charge on any atom is -0.378 e. The minimum absolute atomic E-state index is 0.0442. The van der Waals surface area contributed by atoms with Crippen molar-refractivity contribution in [3.63, 3.8) is 0 Å². The van der Waals surface area contributed by atoms with Crippen LogP contribution in [0.5, 0.6) is 0 Å². The second kappa shape index (κ2) is 7.45. The lowest BCUT2D eigenvalue weighted by atomic mass is 10.1. The molecule has 0 radical (unpaired) electrons. The van der Waals surface area contributed by atoms with Crippen LogP contribution in [-0.4, -0.2) is 52.3 Å². The molecule has 1 aliphatic rings. The maximum Gasteiger partial charge on any atom is 0.204 e. The molecule has 2 heterocycles. The lowest BCUT2D eigenvalue weighted by molar-refractivity contribution is 0.0961. The van der Waals surface area contributed by atoms with Crippen LogP contribution in [0.4, 0.5) is 5.69 Å². The van der Waals surface area contributed by atoms with Gasteiger partial charge in [0.15, 0.2) is 5.78 Å². The SMILES string of the molecule is O=C(Cn1nnc(-c2ccc(N3CCOCC3)cc2)n1)c1ccccc1. The Labute approximate surface area is 151 Å². The zero-order valence-electron chi connectivity index (χ0n) is 14.3. The standard InChI is InChI=1S/C19H19N5O2/c25-18(15-4-2-1-3-5-15)14-24-21-19(20-22-24)16-6-8-17(9-7-16)23-10-12-26-13-11-23/h1-9H,10-14H2. The van der Waals surface area contributed by atoms with Gasteiger partial charge in [-0.25, -0.2) is 0 Å². The lowest BCUT2D eigenvalue weighted by Gasteiger charge is -2.28. The quantitative estimate of drug-likeness (QED) is 0.657. The summed E-state index contributed by atoms with van der Waals surface area (Å²) < 4.78 is 5.38. The van der Waals surface area contributed by atoms with Crippen molar-refractivity contribution in [2.75, 3.05) is 31.2 Å². The molecule has 132 valence electrons. The molecule has 0 amide bonds. The van der Waals surface area contributed by atoms with Crippen LogP contribution in [0.25, 0.3) is 11.4 Å². The van der Waals surface area contributed by atoms with Crippen LogP contribution in [-0.2, 0) is 11.3 Å². The van der Waals surface area contributed by atoms with Gasteiger partial charge in [-0.2, -0.15) is 4.80 Å². The average molecular weight is 349 g/mol. The van der Waals surface area contributed by atoms with E-state index in [1.165, 1.54) is 4.80 Å². The zero-order valence-corrected chi connectivity index (χ0v) is 14.3. The maximum atomic E-state index is 12.2. The average Bonchev–Trinajstić information content (AvgIpc) is 3.18. The molecule has 0 aliphatic carbocycles. The molecule has 1 fully saturated rings. The van der Waals surface area contributed by atoms with Crippen LogP contribution < -0.4 is 4.90 Å². The molecule has 0 bridgehead atoms. The summed E-state index contributed by atoms with van der Waals surface area (Å²) >= 11 is 0. The Morgan fingerprint density at radius 2 is 1.73 bits per heavy atom. The van der Waals surface area contributed by atoms with Gasteiger partial charge in [-0.1, -0.05) is 30.3 Å². The molecule has 3 aromatic rings. The minimum atomic E-state index is -0.0442. The molecule has 0 atom stereocenters. The summed E-state index contributed by atoms with van der Waals surface area (Å²) in [6.07, 6.45) is 0. The van der Waals surface area contributed by atoms with Crippen molar-refractivity contribution in [2.24, 2.45) is 0 Å². The normalized spacial score (nSPS) is 14.4. The van der Waals surface area contributed by atoms with Gasteiger partial charge in [0.05, 0.1) is 13.2 Å². The van der Waals surface area contributed by atoms with Crippen molar-refractivity contribution in [1.29, 1.82) is 0 Å². The number of morpholine rings is 1. The third kappa shape index (κ3) is 3.62. The topological polar surface area (TPSA) is 73.1 Å². The number of benzene rings is 2. The van der Waals surface area contributed by atoms with E-state index in [-0.39, 0.29) is 12.3 Å². The predicted molar refractivity (Wildman–Crippen MR) is 97.1 cm³/mol. The number of nitrogens with zero attached hydrogens (tertiary/aromatic N) is 5. The van der Waals surface area contributed by atoms with Gasteiger partial charge in [-0.05, 0) is 29.5 Å². The van der Waals surface area contributed by atoms with E-state index in [0.29, 0.717) is 11.4 Å². The third-order valence-electron chi connectivity index (χ3n) is 4.34. The van der Waals surface area contributed by atoms with Crippen LogP contribution in [0.3, 0.4) is 0 Å². The number of anilines is 1. The van der Waals surface area contributed by atoms with Gasteiger partial charge < -0.3 is 9.64 Å². The molecule has 2 aromatic carbocycles. The lowest BCUT2D eigenvalue weighted by Crippen LogP contribution is -2.36. The summed E-state index contributed by atoms with van der Waals surface area (Å²) in [6, 6.07) is 17.2. The number of ether oxygens (including phenoxy) is 1. The molecule has 7 nitrogen and oxygen atoms in total. The molecule has 7 heteroatoms. The van der Waals surface area contributed by atoms with Gasteiger partial charge in [-0.15, -0.1) is 10.2 Å². The summed E-state index contributed by atoms with van der Waals surface area (Å²) in [5, 5.41) is 12.4. The van der Waals surface area contributed by atoms with Crippen LogP contribution in [0, 0.1) is 0 Å². The fraction of sp³-hybridized carbons (Fsp3) is 0.263. The van der Waals surface area contributed by atoms with Gasteiger partial charge in [0.2, 0.25) is 5.82 Å². The largest absolute Gasteiger partial charge is 0.378 e. The number of ketones is 1. The first-order valence-electron chi connectivity index (χ1n) is 8.59. The number of Topliss-reactive ketones (excluding diaryl/α,β-unsaturated/α-hetero) is 1. The molecular weight excluding hydrogens is 330 g/mol. The fourth-order valence-corrected chi connectivity index (χ4v) is 2.91. The van der Waals surface area contributed by atoms with Crippen molar-refractivity contribution < 1.29 is 9.53 Å². The molecule has 0 spiro atoms. The number of hydrogen-bond donors (Lipinski definition) is 0. The van der Waals surface area contributed by atoms with Crippen LogP contribution in [0.15, 0.2) is 54.6 Å². The van der Waals surface area contributed by atoms with Crippen molar-refractivity contribution in [2.45, 2.75) is 6.54 Å². The molecule has 0 unspecified atom stereocenters. The molecule has 1 aromatic heterocycles. The monoisotopic (exact) mass is 349 g/mol. The zero-order chi connectivity index (χ0) is 17.8.